The number of carbonyl (C=O) groups excluding carboxylic acids is 1. The summed E-state index contributed by atoms with van der Waals surface area (Å²) in [6.07, 6.45) is 4.83. The van der Waals surface area contributed by atoms with Crippen molar-refractivity contribution >= 4 is 6.09 Å². The summed E-state index contributed by atoms with van der Waals surface area (Å²) in [6, 6.07) is 0.230. The first-order valence-corrected chi connectivity index (χ1v) is 7.57. The van der Waals surface area contributed by atoms with E-state index in [-0.39, 0.29) is 12.1 Å². The number of nitrogens with zero attached hydrogens (tertiary/aromatic N) is 1. The van der Waals surface area contributed by atoms with Crippen LogP contribution in [0.15, 0.2) is 12.5 Å². The van der Waals surface area contributed by atoms with Crippen molar-refractivity contribution in [3.8, 4) is 0 Å². The molecule has 0 saturated carbocycles. The Morgan fingerprint density at radius 1 is 1.45 bits per heavy atom. The van der Waals surface area contributed by atoms with Crippen molar-refractivity contribution in [2.45, 2.75) is 51.8 Å². The van der Waals surface area contributed by atoms with Crippen molar-refractivity contribution in [1.82, 2.24) is 20.6 Å². The lowest BCUT2D eigenvalue weighted by Gasteiger charge is -2.20. The van der Waals surface area contributed by atoms with Gasteiger partial charge in [-0.25, -0.2) is 9.78 Å². The average molecular weight is 312 g/mol. The summed E-state index contributed by atoms with van der Waals surface area (Å²) in [7, 11) is 1.68. The molecule has 1 unspecified atom stereocenters. The van der Waals surface area contributed by atoms with Crippen LogP contribution in [0.3, 0.4) is 0 Å². The smallest absolute Gasteiger partial charge is 0.407 e. The molecular formula is C15H28N4O3. The zero-order valence-corrected chi connectivity index (χ0v) is 13.9. The molecule has 1 aromatic rings. The van der Waals surface area contributed by atoms with Crippen LogP contribution >= 0.6 is 0 Å². The molecule has 0 aliphatic carbocycles. The number of rotatable bonds is 9. The predicted molar refractivity (Wildman–Crippen MR) is 84.6 cm³/mol. The Hall–Kier alpha value is -1.60. The molecule has 1 heterocycles. The molecule has 1 atom stereocenters. The number of hydrogen-bond acceptors (Lipinski definition) is 5. The molecule has 126 valence electrons. The van der Waals surface area contributed by atoms with Gasteiger partial charge in [0, 0.05) is 38.1 Å². The molecule has 0 aliphatic rings. The summed E-state index contributed by atoms with van der Waals surface area (Å²) in [6.45, 7) is 7.47. The standard InChI is InChI=1S/C15H28N4O3/c1-15(2,3)22-14(20)17-7-5-6-12(10-21-4)18-9-13-8-16-11-19-13/h8,11-12,18H,5-7,9-10H2,1-4H3,(H,16,19)(H,17,20). The van der Waals surface area contributed by atoms with Gasteiger partial charge in [-0.3, -0.25) is 0 Å². The fraction of sp³-hybridized carbons (Fsp3) is 0.733. The molecular weight excluding hydrogens is 284 g/mol. The molecule has 7 heteroatoms. The van der Waals surface area contributed by atoms with Crippen LogP contribution in [-0.2, 0) is 16.0 Å². The second-order valence-electron chi connectivity index (χ2n) is 6.18. The van der Waals surface area contributed by atoms with Gasteiger partial charge in [-0.2, -0.15) is 0 Å². The second-order valence-corrected chi connectivity index (χ2v) is 6.18. The van der Waals surface area contributed by atoms with Gasteiger partial charge in [-0.1, -0.05) is 0 Å². The molecule has 1 rings (SSSR count). The van der Waals surface area contributed by atoms with E-state index in [4.69, 9.17) is 9.47 Å². The fourth-order valence-corrected chi connectivity index (χ4v) is 1.93. The van der Waals surface area contributed by atoms with E-state index >= 15 is 0 Å². The maximum Gasteiger partial charge on any atom is 0.407 e. The van der Waals surface area contributed by atoms with Crippen LogP contribution in [0.5, 0.6) is 0 Å². The Bertz CT molecular complexity index is 415. The lowest BCUT2D eigenvalue weighted by Crippen LogP contribution is -2.35. The summed E-state index contributed by atoms with van der Waals surface area (Å²) in [5.41, 5.74) is 0.571. The Labute approximate surface area is 132 Å². The third-order valence-electron chi connectivity index (χ3n) is 2.90. The lowest BCUT2D eigenvalue weighted by atomic mass is 10.1. The first-order chi connectivity index (χ1) is 10.4. The molecule has 0 bridgehead atoms. The Morgan fingerprint density at radius 3 is 2.82 bits per heavy atom. The molecule has 0 saturated heterocycles. The Balaban J connectivity index is 2.19. The SMILES string of the molecule is COCC(CCCNC(=O)OC(C)(C)C)NCc1cnc[nH]1. The van der Waals surface area contributed by atoms with Crippen molar-refractivity contribution in [2.75, 3.05) is 20.3 Å². The number of aromatic amines is 1. The van der Waals surface area contributed by atoms with E-state index in [9.17, 15) is 4.79 Å². The Morgan fingerprint density at radius 2 is 2.23 bits per heavy atom. The van der Waals surface area contributed by atoms with E-state index in [1.54, 1.807) is 19.6 Å². The molecule has 1 aromatic heterocycles. The van der Waals surface area contributed by atoms with Crippen molar-refractivity contribution in [3.05, 3.63) is 18.2 Å². The van der Waals surface area contributed by atoms with Crippen LogP contribution in [0.4, 0.5) is 4.79 Å². The third kappa shape index (κ3) is 8.63. The highest BCUT2D eigenvalue weighted by molar-refractivity contribution is 5.67. The largest absolute Gasteiger partial charge is 0.444 e. The van der Waals surface area contributed by atoms with Gasteiger partial charge in [-0.15, -0.1) is 0 Å². The normalized spacial score (nSPS) is 12.9. The maximum atomic E-state index is 11.5. The van der Waals surface area contributed by atoms with E-state index in [0.717, 1.165) is 18.5 Å². The minimum Gasteiger partial charge on any atom is -0.444 e. The van der Waals surface area contributed by atoms with Crippen LogP contribution < -0.4 is 10.6 Å². The van der Waals surface area contributed by atoms with Crippen molar-refractivity contribution in [2.24, 2.45) is 0 Å². The number of H-pyrrole nitrogens is 1. The van der Waals surface area contributed by atoms with Gasteiger partial charge in [0.15, 0.2) is 0 Å². The topological polar surface area (TPSA) is 88.3 Å². The van der Waals surface area contributed by atoms with E-state index in [1.807, 2.05) is 20.8 Å². The first kappa shape index (κ1) is 18.4. The second kappa shape index (κ2) is 9.42. The van der Waals surface area contributed by atoms with Crippen LogP contribution in [0.25, 0.3) is 0 Å². The molecule has 1 amide bonds. The van der Waals surface area contributed by atoms with Gasteiger partial charge in [0.2, 0.25) is 0 Å². The van der Waals surface area contributed by atoms with Crippen LogP contribution in [-0.4, -0.2) is 48.0 Å². The van der Waals surface area contributed by atoms with Crippen molar-refractivity contribution in [1.29, 1.82) is 0 Å². The third-order valence-corrected chi connectivity index (χ3v) is 2.90. The zero-order chi connectivity index (χ0) is 16.4. The van der Waals surface area contributed by atoms with Crippen LogP contribution in [0.1, 0.15) is 39.3 Å². The maximum absolute atomic E-state index is 11.5. The minimum atomic E-state index is -0.464. The first-order valence-electron chi connectivity index (χ1n) is 7.57. The van der Waals surface area contributed by atoms with E-state index < -0.39 is 5.60 Å². The molecule has 0 spiro atoms. The molecule has 7 nitrogen and oxygen atoms in total. The van der Waals surface area contributed by atoms with Gasteiger partial charge in [0.25, 0.3) is 0 Å². The zero-order valence-electron chi connectivity index (χ0n) is 13.9. The van der Waals surface area contributed by atoms with Crippen LogP contribution in [0.2, 0.25) is 0 Å². The highest BCUT2D eigenvalue weighted by Gasteiger charge is 2.15. The number of imidazole rings is 1. The molecule has 22 heavy (non-hydrogen) atoms. The number of amides is 1. The summed E-state index contributed by atoms with van der Waals surface area (Å²) in [4.78, 5) is 18.6. The van der Waals surface area contributed by atoms with Gasteiger partial charge in [0.1, 0.15) is 5.60 Å². The Kier molecular flexibility index (Phi) is 7.90. The van der Waals surface area contributed by atoms with E-state index in [2.05, 4.69) is 20.6 Å². The van der Waals surface area contributed by atoms with E-state index in [1.165, 1.54) is 0 Å². The van der Waals surface area contributed by atoms with Gasteiger partial charge in [0.05, 0.1) is 12.9 Å². The summed E-state index contributed by atoms with van der Waals surface area (Å²) >= 11 is 0. The molecule has 0 aliphatic heterocycles. The number of aromatic nitrogens is 2. The number of nitrogens with one attached hydrogen (secondary N) is 3. The highest BCUT2D eigenvalue weighted by atomic mass is 16.6. The van der Waals surface area contributed by atoms with Crippen molar-refractivity contribution < 1.29 is 14.3 Å². The monoisotopic (exact) mass is 312 g/mol. The lowest BCUT2D eigenvalue weighted by molar-refractivity contribution is 0.0526. The van der Waals surface area contributed by atoms with Gasteiger partial charge >= 0.3 is 6.09 Å². The summed E-state index contributed by atoms with van der Waals surface area (Å²) in [5, 5.41) is 6.17. The quantitative estimate of drug-likeness (QED) is 0.605. The number of methoxy groups -OCH3 is 1. The molecule has 3 N–H and O–H groups in total. The number of alkyl carbamates (subject to hydrolysis) is 1. The molecule has 0 aromatic carbocycles. The highest BCUT2D eigenvalue weighted by Crippen LogP contribution is 2.06. The molecule has 0 radical (unpaired) electrons. The van der Waals surface area contributed by atoms with Crippen molar-refractivity contribution in [3.63, 3.8) is 0 Å². The minimum absolute atomic E-state index is 0.230. The predicted octanol–water partition coefficient (Wildman–Crippen LogP) is 1.82. The van der Waals surface area contributed by atoms with Gasteiger partial charge < -0.3 is 25.1 Å². The number of ether oxygens (including phenoxy) is 2. The number of carbonyl (C=O) groups is 1. The van der Waals surface area contributed by atoms with Crippen LogP contribution in [0, 0.1) is 0 Å². The summed E-state index contributed by atoms with van der Waals surface area (Å²) < 4.78 is 10.4. The van der Waals surface area contributed by atoms with E-state index in [0.29, 0.717) is 19.7 Å². The molecule has 0 fully saturated rings. The average Bonchev–Trinajstić information content (AvgIpc) is 2.92. The summed E-state index contributed by atoms with van der Waals surface area (Å²) in [5.74, 6) is 0. The number of hydrogen-bond donors (Lipinski definition) is 3. The van der Waals surface area contributed by atoms with Gasteiger partial charge in [-0.05, 0) is 33.6 Å². The fourth-order valence-electron chi connectivity index (χ4n) is 1.93.